The summed E-state index contributed by atoms with van der Waals surface area (Å²) >= 11 is 0. The first kappa shape index (κ1) is 17.8. The lowest BCUT2D eigenvalue weighted by Gasteiger charge is -2.33. The van der Waals surface area contributed by atoms with E-state index in [-0.39, 0.29) is 5.82 Å². The van der Waals surface area contributed by atoms with E-state index in [1.807, 2.05) is 25.5 Å². The number of nitrogens with zero attached hydrogens (tertiary/aromatic N) is 6. The van der Waals surface area contributed by atoms with Crippen LogP contribution in [0.2, 0.25) is 0 Å². The van der Waals surface area contributed by atoms with Crippen LogP contribution < -0.4 is 0 Å². The molecule has 0 bridgehead atoms. The van der Waals surface area contributed by atoms with Crippen molar-refractivity contribution < 1.29 is 8.91 Å². The van der Waals surface area contributed by atoms with Gasteiger partial charge < -0.3 is 9.09 Å². The van der Waals surface area contributed by atoms with Gasteiger partial charge in [0.1, 0.15) is 11.6 Å². The molecule has 8 heteroatoms. The molecular formula is C19H23FN6O. The number of rotatable bonds is 6. The van der Waals surface area contributed by atoms with Crippen molar-refractivity contribution in [1.82, 2.24) is 29.5 Å². The standard InChI is InChI=1S/C19H23FN6O/c1-24-6-5-21-18(24)13-25-7-9-26(10-8-25)14-19-22-17(23-27-19)12-15-3-2-4-16(20)11-15/h2-6,11H,7-10,12-14H2,1H3. The monoisotopic (exact) mass is 370 g/mol. The lowest BCUT2D eigenvalue weighted by molar-refractivity contribution is 0.109. The summed E-state index contributed by atoms with van der Waals surface area (Å²) in [6, 6.07) is 6.48. The molecule has 1 aliphatic heterocycles. The molecule has 0 atom stereocenters. The van der Waals surface area contributed by atoms with Gasteiger partial charge in [-0.25, -0.2) is 9.37 Å². The summed E-state index contributed by atoms with van der Waals surface area (Å²) in [6.45, 7) is 5.38. The highest BCUT2D eigenvalue weighted by Gasteiger charge is 2.20. The van der Waals surface area contributed by atoms with E-state index in [9.17, 15) is 4.39 Å². The van der Waals surface area contributed by atoms with E-state index in [0.717, 1.165) is 44.1 Å². The van der Waals surface area contributed by atoms with Gasteiger partial charge in [-0.1, -0.05) is 17.3 Å². The number of aryl methyl sites for hydroxylation is 1. The minimum atomic E-state index is -0.250. The van der Waals surface area contributed by atoms with Crippen molar-refractivity contribution in [2.24, 2.45) is 7.05 Å². The van der Waals surface area contributed by atoms with Crippen LogP contribution in [-0.2, 0) is 26.6 Å². The van der Waals surface area contributed by atoms with Crippen LogP contribution in [0.25, 0.3) is 0 Å². The fourth-order valence-electron chi connectivity index (χ4n) is 3.30. The summed E-state index contributed by atoms with van der Waals surface area (Å²) in [5.74, 6) is 2.03. The van der Waals surface area contributed by atoms with Crippen molar-refractivity contribution in [2.75, 3.05) is 26.2 Å². The molecule has 3 aromatic rings. The number of benzene rings is 1. The first-order valence-corrected chi connectivity index (χ1v) is 9.12. The van der Waals surface area contributed by atoms with E-state index in [1.54, 1.807) is 6.07 Å². The van der Waals surface area contributed by atoms with Crippen LogP contribution in [0.5, 0.6) is 0 Å². The lowest BCUT2D eigenvalue weighted by atomic mass is 10.1. The van der Waals surface area contributed by atoms with Crippen molar-refractivity contribution >= 4 is 0 Å². The number of hydrogen-bond acceptors (Lipinski definition) is 6. The summed E-state index contributed by atoms with van der Waals surface area (Å²) in [5.41, 5.74) is 0.838. The molecule has 2 aromatic heterocycles. The number of imidazole rings is 1. The predicted molar refractivity (Wildman–Crippen MR) is 97.3 cm³/mol. The van der Waals surface area contributed by atoms with Crippen molar-refractivity contribution in [3.05, 3.63) is 65.6 Å². The highest BCUT2D eigenvalue weighted by molar-refractivity contribution is 5.19. The Bertz CT molecular complexity index is 884. The first-order chi connectivity index (χ1) is 13.2. The topological polar surface area (TPSA) is 63.2 Å². The van der Waals surface area contributed by atoms with Crippen LogP contribution in [0.15, 0.2) is 41.2 Å². The molecule has 142 valence electrons. The van der Waals surface area contributed by atoms with E-state index in [0.29, 0.717) is 24.7 Å². The van der Waals surface area contributed by atoms with Gasteiger partial charge in [0.15, 0.2) is 5.82 Å². The van der Waals surface area contributed by atoms with Crippen LogP contribution in [0, 0.1) is 5.82 Å². The average Bonchev–Trinajstić information content (AvgIpc) is 3.26. The van der Waals surface area contributed by atoms with Crippen LogP contribution >= 0.6 is 0 Å². The van der Waals surface area contributed by atoms with Gasteiger partial charge in [0.05, 0.1) is 13.1 Å². The first-order valence-electron chi connectivity index (χ1n) is 9.12. The maximum absolute atomic E-state index is 13.3. The minimum Gasteiger partial charge on any atom is -0.338 e. The Morgan fingerprint density at radius 1 is 1.11 bits per heavy atom. The van der Waals surface area contributed by atoms with Crippen LogP contribution in [0.1, 0.15) is 23.1 Å². The van der Waals surface area contributed by atoms with Crippen LogP contribution in [-0.4, -0.2) is 55.7 Å². The van der Waals surface area contributed by atoms with Gasteiger partial charge in [-0.3, -0.25) is 9.80 Å². The molecule has 0 radical (unpaired) electrons. The highest BCUT2D eigenvalue weighted by atomic mass is 19.1. The summed E-state index contributed by atoms with van der Waals surface area (Å²) in [4.78, 5) is 13.6. The molecule has 3 heterocycles. The second-order valence-corrected chi connectivity index (χ2v) is 6.92. The molecular weight excluding hydrogens is 347 g/mol. The van der Waals surface area contributed by atoms with E-state index >= 15 is 0 Å². The number of piperazine rings is 1. The molecule has 1 aliphatic rings. The zero-order chi connectivity index (χ0) is 18.6. The van der Waals surface area contributed by atoms with E-state index in [4.69, 9.17) is 4.52 Å². The largest absolute Gasteiger partial charge is 0.338 e. The highest BCUT2D eigenvalue weighted by Crippen LogP contribution is 2.12. The van der Waals surface area contributed by atoms with E-state index in [2.05, 4.69) is 29.5 Å². The molecule has 0 amide bonds. The Morgan fingerprint density at radius 3 is 2.59 bits per heavy atom. The molecule has 0 saturated carbocycles. The fourth-order valence-corrected chi connectivity index (χ4v) is 3.30. The molecule has 0 spiro atoms. The van der Waals surface area contributed by atoms with Crippen molar-refractivity contribution in [3.63, 3.8) is 0 Å². The molecule has 0 aliphatic carbocycles. The Morgan fingerprint density at radius 2 is 1.89 bits per heavy atom. The molecule has 0 unspecified atom stereocenters. The molecule has 0 N–H and O–H groups in total. The molecule has 27 heavy (non-hydrogen) atoms. The van der Waals surface area contributed by atoms with Crippen molar-refractivity contribution in [2.45, 2.75) is 19.5 Å². The minimum absolute atomic E-state index is 0.250. The summed E-state index contributed by atoms with van der Waals surface area (Å²) in [7, 11) is 2.02. The van der Waals surface area contributed by atoms with Gasteiger partial charge in [0.25, 0.3) is 0 Å². The zero-order valence-electron chi connectivity index (χ0n) is 15.4. The van der Waals surface area contributed by atoms with Gasteiger partial charge in [-0.05, 0) is 17.7 Å². The van der Waals surface area contributed by atoms with Gasteiger partial charge >= 0.3 is 0 Å². The predicted octanol–water partition coefficient (Wildman–Crippen LogP) is 1.85. The number of aromatic nitrogens is 4. The van der Waals surface area contributed by atoms with Gasteiger partial charge in [-0.15, -0.1) is 0 Å². The van der Waals surface area contributed by atoms with E-state index < -0.39 is 0 Å². The molecule has 1 aromatic carbocycles. The summed E-state index contributed by atoms with van der Waals surface area (Å²) in [6.07, 6.45) is 4.28. The molecule has 7 nitrogen and oxygen atoms in total. The normalized spacial score (nSPS) is 16.1. The third-order valence-electron chi connectivity index (χ3n) is 4.87. The van der Waals surface area contributed by atoms with E-state index in [1.165, 1.54) is 12.1 Å². The third-order valence-corrected chi connectivity index (χ3v) is 4.87. The molecule has 1 saturated heterocycles. The molecule has 1 fully saturated rings. The SMILES string of the molecule is Cn1ccnc1CN1CCN(Cc2nc(Cc3cccc(F)c3)no2)CC1. The number of halogens is 1. The Labute approximate surface area is 157 Å². The van der Waals surface area contributed by atoms with Crippen LogP contribution in [0.4, 0.5) is 4.39 Å². The summed E-state index contributed by atoms with van der Waals surface area (Å²) < 4.78 is 20.7. The zero-order valence-corrected chi connectivity index (χ0v) is 15.4. The Balaban J connectivity index is 1.27. The third kappa shape index (κ3) is 4.58. The van der Waals surface area contributed by atoms with Gasteiger partial charge in [-0.2, -0.15) is 4.98 Å². The van der Waals surface area contributed by atoms with Gasteiger partial charge in [0.2, 0.25) is 5.89 Å². The Hall–Kier alpha value is -2.58. The maximum Gasteiger partial charge on any atom is 0.240 e. The van der Waals surface area contributed by atoms with Gasteiger partial charge in [0, 0.05) is 52.0 Å². The van der Waals surface area contributed by atoms with Crippen LogP contribution in [0.3, 0.4) is 0 Å². The lowest BCUT2D eigenvalue weighted by Crippen LogP contribution is -2.45. The number of hydrogen-bond donors (Lipinski definition) is 0. The molecule has 4 rings (SSSR count). The van der Waals surface area contributed by atoms with Crippen molar-refractivity contribution in [1.29, 1.82) is 0 Å². The average molecular weight is 370 g/mol. The quantitative estimate of drug-likeness (QED) is 0.660. The smallest absolute Gasteiger partial charge is 0.240 e. The second-order valence-electron chi connectivity index (χ2n) is 6.92. The Kier molecular flexibility index (Phi) is 5.26. The van der Waals surface area contributed by atoms with Crippen molar-refractivity contribution in [3.8, 4) is 0 Å². The second kappa shape index (κ2) is 7.98. The fraction of sp³-hybridized carbons (Fsp3) is 0.421. The maximum atomic E-state index is 13.3. The summed E-state index contributed by atoms with van der Waals surface area (Å²) in [5, 5.41) is 4.02.